The number of piperidine rings is 2. The summed E-state index contributed by atoms with van der Waals surface area (Å²) in [6.07, 6.45) is 5.18. The molecule has 2 aromatic rings. The summed E-state index contributed by atoms with van der Waals surface area (Å²) in [6.45, 7) is 3.26. The molecule has 0 aliphatic carbocycles. The second-order valence-corrected chi connectivity index (χ2v) is 10.0. The largest absolute Gasteiger partial charge is 0.493 e. The molecule has 0 saturated carbocycles. The molecule has 2 aliphatic heterocycles. The molecule has 0 radical (unpaired) electrons. The Morgan fingerprint density at radius 3 is 2.18 bits per heavy atom. The lowest BCUT2D eigenvalue weighted by atomic mass is 9.75. The molecule has 2 amide bonds. The molecule has 2 aliphatic rings. The predicted molar refractivity (Wildman–Crippen MR) is 131 cm³/mol. The highest BCUT2D eigenvalue weighted by atomic mass is 35.5. The maximum Gasteiger partial charge on any atom is 0.253 e. The number of benzene rings is 2. The van der Waals surface area contributed by atoms with E-state index < -0.39 is 0 Å². The number of likely N-dealkylation sites (tertiary alicyclic amines) is 2. The van der Waals surface area contributed by atoms with Crippen LogP contribution in [0, 0.1) is 5.41 Å². The fraction of sp³-hybridized carbons (Fsp3) is 0.462. The fourth-order valence-electron chi connectivity index (χ4n) is 4.73. The topological polar surface area (TPSA) is 49.9 Å². The van der Waals surface area contributed by atoms with Gasteiger partial charge >= 0.3 is 0 Å². The third kappa shape index (κ3) is 6.21. The van der Waals surface area contributed by atoms with E-state index in [-0.39, 0.29) is 17.2 Å². The Morgan fingerprint density at radius 1 is 0.848 bits per heavy atom. The van der Waals surface area contributed by atoms with Crippen molar-refractivity contribution in [3.8, 4) is 5.75 Å². The molecule has 4 rings (SSSR count). The number of rotatable bonds is 6. The zero-order valence-electron chi connectivity index (χ0n) is 18.8. The van der Waals surface area contributed by atoms with Gasteiger partial charge in [0.25, 0.3) is 5.91 Å². The van der Waals surface area contributed by atoms with E-state index in [0.29, 0.717) is 60.3 Å². The van der Waals surface area contributed by atoms with E-state index >= 15 is 0 Å². The van der Waals surface area contributed by atoms with Gasteiger partial charge < -0.3 is 14.5 Å². The number of carbonyl (C=O) groups excluding carboxylic acids is 2. The van der Waals surface area contributed by atoms with E-state index in [1.807, 2.05) is 28.0 Å². The Morgan fingerprint density at radius 2 is 1.52 bits per heavy atom. The van der Waals surface area contributed by atoms with Crippen LogP contribution in [-0.2, 0) is 4.79 Å². The molecule has 0 N–H and O–H groups in total. The SMILES string of the molecule is O=C(CC1(COc2cccc(Cl)c2)CCN(C(=O)c2cccc(Cl)c2)CC1)N1CCCCC1. The maximum atomic E-state index is 13.2. The van der Waals surface area contributed by atoms with E-state index in [2.05, 4.69) is 0 Å². The maximum absolute atomic E-state index is 13.2. The van der Waals surface area contributed by atoms with Gasteiger partial charge in [0.2, 0.25) is 5.91 Å². The number of hydrogen-bond donors (Lipinski definition) is 0. The Kier molecular flexibility index (Phi) is 7.82. The first-order chi connectivity index (χ1) is 15.9. The van der Waals surface area contributed by atoms with Crippen molar-refractivity contribution >= 4 is 35.0 Å². The number of amides is 2. The van der Waals surface area contributed by atoms with Gasteiger partial charge in [-0.15, -0.1) is 0 Å². The molecule has 0 unspecified atom stereocenters. The van der Waals surface area contributed by atoms with E-state index in [1.54, 1.807) is 30.3 Å². The lowest BCUT2D eigenvalue weighted by molar-refractivity contribution is -0.136. The molecule has 5 nitrogen and oxygen atoms in total. The molecule has 0 spiro atoms. The monoisotopic (exact) mass is 488 g/mol. The van der Waals surface area contributed by atoms with Gasteiger partial charge in [0.1, 0.15) is 5.75 Å². The summed E-state index contributed by atoms with van der Waals surface area (Å²) in [4.78, 5) is 30.0. The van der Waals surface area contributed by atoms with Crippen molar-refractivity contribution in [1.29, 1.82) is 0 Å². The highest BCUT2D eigenvalue weighted by Gasteiger charge is 2.40. The second kappa shape index (κ2) is 10.8. The van der Waals surface area contributed by atoms with Crippen molar-refractivity contribution < 1.29 is 14.3 Å². The van der Waals surface area contributed by atoms with Gasteiger partial charge in [-0.3, -0.25) is 9.59 Å². The summed E-state index contributed by atoms with van der Waals surface area (Å²) in [5.41, 5.74) is 0.275. The average molecular weight is 489 g/mol. The summed E-state index contributed by atoms with van der Waals surface area (Å²) in [6, 6.07) is 14.4. The van der Waals surface area contributed by atoms with Crippen molar-refractivity contribution in [2.24, 2.45) is 5.41 Å². The van der Waals surface area contributed by atoms with Gasteiger partial charge in [0.05, 0.1) is 6.61 Å². The van der Waals surface area contributed by atoms with Crippen LogP contribution in [0.15, 0.2) is 48.5 Å². The molecular weight excluding hydrogens is 459 g/mol. The van der Waals surface area contributed by atoms with E-state index in [1.165, 1.54) is 6.42 Å². The molecular formula is C26H30Cl2N2O3. The molecule has 176 valence electrons. The lowest BCUT2D eigenvalue weighted by Gasteiger charge is -2.42. The van der Waals surface area contributed by atoms with Crippen LogP contribution in [0.25, 0.3) is 0 Å². The van der Waals surface area contributed by atoms with Crippen LogP contribution < -0.4 is 4.74 Å². The van der Waals surface area contributed by atoms with E-state index in [9.17, 15) is 9.59 Å². The molecule has 0 atom stereocenters. The van der Waals surface area contributed by atoms with Crippen molar-refractivity contribution in [3.63, 3.8) is 0 Å². The number of ether oxygens (including phenoxy) is 1. The zero-order chi connectivity index (χ0) is 23.3. The summed E-state index contributed by atoms with van der Waals surface area (Å²) in [5, 5.41) is 1.17. The zero-order valence-corrected chi connectivity index (χ0v) is 20.3. The van der Waals surface area contributed by atoms with Gasteiger partial charge in [-0.05, 0) is 68.5 Å². The summed E-state index contributed by atoms with van der Waals surface area (Å²) < 4.78 is 6.14. The summed E-state index contributed by atoms with van der Waals surface area (Å²) in [7, 11) is 0. The van der Waals surface area contributed by atoms with Crippen molar-refractivity contribution in [3.05, 3.63) is 64.1 Å². The van der Waals surface area contributed by atoms with Crippen LogP contribution in [0.2, 0.25) is 10.0 Å². The quantitative estimate of drug-likeness (QED) is 0.523. The number of halogens is 2. The summed E-state index contributed by atoms with van der Waals surface area (Å²) in [5.74, 6) is 0.868. The van der Waals surface area contributed by atoms with Crippen LogP contribution >= 0.6 is 23.2 Å². The van der Waals surface area contributed by atoms with Gasteiger partial charge in [-0.2, -0.15) is 0 Å². The third-order valence-electron chi connectivity index (χ3n) is 6.76. The van der Waals surface area contributed by atoms with Gasteiger partial charge in [0.15, 0.2) is 0 Å². The minimum absolute atomic E-state index is 0.0239. The standard InChI is InChI=1S/C26H30Cl2N2O3/c27-21-7-4-6-20(16-21)25(32)30-14-10-26(11-15-30,18-24(31)29-12-2-1-3-13-29)19-33-23-9-5-8-22(28)17-23/h4-9,16-17H,1-3,10-15,18-19H2. The fourth-order valence-corrected chi connectivity index (χ4v) is 5.10. The first kappa shape index (κ1) is 23.9. The normalized spacial score (nSPS) is 18.1. The third-order valence-corrected chi connectivity index (χ3v) is 7.23. The van der Waals surface area contributed by atoms with Gasteiger partial charge in [-0.1, -0.05) is 35.3 Å². The minimum atomic E-state index is -0.317. The summed E-state index contributed by atoms with van der Waals surface area (Å²) >= 11 is 12.2. The Balaban J connectivity index is 1.45. The molecule has 0 bridgehead atoms. The van der Waals surface area contributed by atoms with Gasteiger partial charge in [0, 0.05) is 53.6 Å². The van der Waals surface area contributed by atoms with Crippen molar-refractivity contribution in [2.75, 3.05) is 32.8 Å². The van der Waals surface area contributed by atoms with Crippen molar-refractivity contribution in [2.45, 2.75) is 38.5 Å². The van der Waals surface area contributed by atoms with Crippen LogP contribution in [0.1, 0.15) is 48.9 Å². The smallest absolute Gasteiger partial charge is 0.253 e. The average Bonchev–Trinajstić information content (AvgIpc) is 2.83. The van der Waals surface area contributed by atoms with E-state index in [0.717, 1.165) is 25.9 Å². The van der Waals surface area contributed by atoms with Crippen LogP contribution in [0.5, 0.6) is 5.75 Å². The molecule has 7 heteroatoms. The Bertz CT molecular complexity index is 983. The molecule has 33 heavy (non-hydrogen) atoms. The first-order valence-corrected chi connectivity index (χ1v) is 12.4. The minimum Gasteiger partial charge on any atom is -0.493 e. The Hall–Kier alpha value is -2.24. The predicted octanol–water partition coefficient (Wildman–Crippen LogP) is 5.70. The van der Waals surface area contributed by atoms with Gasteiger partial charge in [-0.25, -0.2) is 0 Å². The Labute approximate surface area is 205 Å². The number of carbonyl (C=O) groups is 2. The van der Waals surface area contributed by atoms with Crippen LogP contribution in [0.4, 0.5) is 0 Å². The van der Waals surface area contributed by atoms with Crippen LogP contribution in [-0.4, -0.2) is 54.4 Å². The van der Waals surface area contributed by atoms with Crippen LogP contribution in [0.3, 0.4) is 0 Å². The number of hydrogen-bond acceptors (Lipinski definition) is 3. The first-order valence-electron chi connectivity index (χ1n) is 11.7. The molecule has 2 saturated heterocycles. The molecule has 2 aromatic carbocycles. The van der Waals surface area contributed by atoms with Crippen molar-refractivity contribution in [1.82, 2.24) is 9.80 Å². The molecule has 2 heterocycles. The van der Waals surface area contributed by atoms with E-state index in [4.69, 9.17) is 27.9 Å². The number of nitrogens with zero attached hydrogens (tertiary/aromatic N) is 2. The highest BCUT2D eigenvalue weighted by molar-refractivity contribution is 6.31. The molecule has 0 aromatic heterocycles. The molecule has 2 fully saturated rings. The second-order valence-electron chi connectivity index (χ2n) is 9.17. The highest BCUT2D eigenvalue weighted by Crippen LogP contribution is 2.37. The lowest BCUT2D eigenvalue weighted by Crippen LogP contribution is -2.48.